The SMILES string of the molecule is O=C1C=C2CC(NC(=O)c3ccco3)CCC2N=N1. The molecular weight excluding hydrogens is 246 g/mol. The van der Waals surface area contributed by atoms with Crippen LogP contribution in [0.3, 0.4) is 0 Å². The Bertz CT molecular complexity index is 560. The van der Waals surface area contributed by atoms with Gasteiger partial charge in [0.2, 0.25) is 0 Å². The van der Waals surface area contributed by atoms with Crippen molar-refractivity contribution in [1.82, 2.24) is 5.32 Å². The molecule has 2 amide bonds. The van der Waals surface area contributed by atoms with Crippen LogP contribution in [0, 0.1) is 0 Å². The second-order valence-electron chi connectivity index (χ2n) is 4.72. The fourth-order valence-electron chi connectivity index (χ4n) is 2.46. The molecule has 1 N–H and O–H groups in total. The number of nitrogens with one attached hydrogen (secondary N) is 1. The standard InChI is InChI=1S/C13H13N3O3/c17-12-7-8-6-9(3-4-10(8)15-16-12)14-13(18)11-2-1-5-19-11/h1-2,5,7,9-10H,3-4,6H2,(H,14,18). The van der Waals surface area contributed by atoms with Crippen LogP contribution in [-0.4, -0.2) is 23.9 Å². The van der Waals surface area contributed by atoms with E-state index in [4.69, 9.17) is 4.42 Å². The second-order valence-corrected chi connectivity index (χ2v) is 4.72. The summed E-state index contributed by atoms with van der Waals surface area (Å²) in [4.78, 5) is 23.1. The Balaban J connectivity index is 1.65. The number of hydrogen-bond acceptors (Lipinski definition) is 4. The molecule has 2 unspecified atom stereocenters. The number of hydrogen-bond donors (Lipinski definition) is 1. The molecule has 98 valence electrons. The summed E-state index contributed by atoms with van der Waals surface area (Å²) in [6.45, 7) is 0. The summed E-state index contributed by atoms with van der Waals surface area (Å²) in [6, 6.07) is 3.32. The van der Waals surface area contributed by atoms with Gasteiger partial charge in [-0.25, -0.2) is 0 Å². The summed E-state index contributed by atoms with van der Waals surface area (Å²) >= 11 is 0. The van der Waals surface area contributed by atoms with Crippen LogP contribution in [0.25, 0.3) is 0 Å². The lowest BCUT2D eigenvalue weighted by Crippen LogP contribution is -2.39. The third kappa shape index (κ3) is 2.47. The van der Waals surface area contributed by atoms with Gasteiger partial charge in [-0.2, -0.15) is 5.11 Å². The van der Waals surface area contributed by atoms with Crippen molar-refractivity contribution in [2.75, 3.05) is 0 Å². The van der Waals surface area contributed by atoms with Crippen molar-refractivity contribution in [1.29, 1.82) is 0 Å². The zero-order valence-electron chi connectivity index (χ0n) is 10.2. The first-order chi connectivity index (χ1) is 9.22. The minimum Gasteiger partial charge on any atom is -0.459 e. The Labute approximate surface area is 109 Å². The monoisotopic (exact) mass is 259 g/mol. The topological polar surface area (TPSA) is 84.0 Å². The molecule has 0 saturated heterocycles. The van der Waals surface area contributed by atoms with Crippen molar-refractivity contribution in [2.24, 2.45) is 10.2 Å². The molecule has 0 radical (unpaired) electrons. The molecule has 1 saturated carbocycles. The molecule has 19 heavy (non-hydrogen) atoms. The minimum absolute atomic E-state index is 0.00876. The number of amides is 2. The average molecular weight is 259 g/mol. The van der Waals surface area contributed by atoms with E-state index < -0.39 is 0 Å². The zero-order valence-corrected chi connectivity index (χ0v) is 10.2. The van der Waals surface area contributed by atoms with Gasteiger partial charge in [0.1, 0.15) is 0 Å². The summed E-state index contributed by atoms with van der Waals surface area (Å²) in [5, 5.41) is 10.4. The molecule has 2 aliphatic rings. The average Bonchev–Trinajstić information content (AvgIpc) is 2.92. The van der Waals surface area contributed by atoms with Gasteiger partial charge in [-0.1, -0.05) is 0 Å². The van der Waals surface area contributed by atoms with Crippen molar-refractivity contribution in [2.45, 2.75) is 31.3 Å². The maximum Gasteiger partial charge on any atom is 0.287 e. The summed E-state index contributed by atoms with van der Waals surface area (Å²) in [5.41, 5.74) is 0.955. The maximum absolute atomic E-state index is 11.9. The zero-order chi connectivity index (χ0) is 13.2. The van der Waals surface area contributed by atoms with Crippen molar-refractivity contribution in [3.8, 4) is 0 Å². The third-order valence-corrected chi connectivity index (χ3v) is 3.38. The number of nitrogens with zero attached hydrogens (tertiary/aromatic N) is 2. The summed E-state index contributed by atoms with van der Waals surface area (Å²) in [7, 11) is 0. The van der Waals surface area contributed by atoms with Crippen molar-refractivity contribution in [3.05, 3.63) is 35.8 Å². The van der Waals surface area contributed by atoms with Gasteiger partial charge >= 0.3 is 0 Å². The van der Waals surface area contributed by atoms with Gasteiger partial charge in [-0.05, 0) is 37.0 Å². The van der Waals surface area contributed by atoms with E-state index in [1.165, 1.54) is 12.3 Å². The van der Waals surface area contributed by atoms with Crippen LogP contribution in [0.5, 0.6) is 0 Å². The molecule has 0 bridgehead atoms. The predicted octanol–water partition coefficient (Wildman–Crippen LogP) is 1.85. The van der Waals surface area contributed by atoms with Crippen molar-refractivity contribution < 1.29 is 14.0 Å². The van der Waals surface area contributed by atoms with E-state index in [1.807, 2.05) is 0 Å². The highest BCUT2D eigenvalue weighted by molar-refractivity contribution is 5.92. The smallest absolute Gasteiger partial charge is 0.287 e. The molecule has 1 aliphatic heterocycles. The molecule has 6 heteroatoms. The molecule has 0 aromatic carbocycles. The van der Waals surface area contributed by atoms with Crippen molar-refractivity contribution in [3.63, 3.8) is 0 Å². The largest absolute Gasteiger partial charge is 0.459 e. The predicted molar refractivity (Wildman–Crippen MR) is 65.5 cm³/mol. The summed E-state index contributed by atoms with van der Waals surface area (Å²) < 4.78 is 5.05. The Morgan fingerprint density at radius 2 is 2.32 bits per heavy atom. The third-order valence-electron chi connectivity index (χ3n) is 3.38. The van der Waals surface area contributed by atoms with Gasteiger partial charge in [0.15, 0.2) is 5.76 Å². The lowest BCUT2D eigenvalue weighted by atomic mass is 9.86. The highest BCUT2D eigenvalue weighted by Crippen LogP contribution is 2.29. The van der Waals surface area contributed by atoms with Gasteiger partial charge in [0, 0.05) is 12.1 Å². The highest BCUT2D eigenvalue weighted by Gasteiger charge is 2.29. The first-order valence-electron chi connectivity index (χ1n) is 6.22. The van der Waals surface area contributed by atoms with E-state index >= 15 is 0 Å². The number of carbonyl (C=O) groups excluding carboxylic acids is 2. The number of azo groups is 1. The van der Waals surface area contributed by atoms with Crippen molar-refractivity contribution >= 4 is 11.8 Å². The molecule has 1 fully saturated rings. The molecule has 2 heterocycles. The number of furan rings is 1. The second kappa shape index (κ2) is 4.79. The fourth-order valence-corrected chi connectivity index (χ4v) is 2.46. The number of fused-ring (bicyclic) bond motifs is 1. The fraction of sp³-hybridized carbons (Fsp3) is 0.385. The lowest BCUT2D eigenvalue weighted by molar-refractivity contribution is -0.114. The highest BCUT2D eigenvalue weighted by atomic mass is 16.3. The first kappa shape index (κ1) is 11.8. The Kier molecular flexibility index (Phi) is 2.98. The van der Waals surface area contributed by atoms with Gasteiger partial charge in [-0.3, -0.25) is 9.59 Å². The first-order valence-corrected chi connectivity index (χ1v) is 6.22. The molecule has 6 nitrogen and oxygen atoms in total. The van der Waals surface area contributed by atoms with E-state index in [0.717, 1.165) is 18.4 Å². The van der Waals surface area contributed by atoms with Gasteiger partial charge in [0.25, 0.3) is 11.8 Å². The van der Waals surface area contributed by atoms with Gasteiger partial charge in [0.05, 0.1) is 12.3 Å². The lowest BCUT2D eigenvalue weighted by Gasteiger charge is -2.29. The molecule has 3 rings (SSSR count). The number of carbonyl (C=O) groups is 2. The quantitative estimate of drug-likeness (QED) is 0.879. The molecule has 1 aromatic heterocycles. The van der Waals surface area contributed by atoms with Gasteiger partial charge < -0.3 is 9.73 Å². The molecular formula is C13H13N3O3. The van der Waals surface area contributed by atoms with Crippen LogP contribution < -0.4 is 5.32 Å². The van der Waals surface area contributed by atoms with Crippen LogP contribution in [0.1, 0.15) is 29.8 Å². The van der Waals surface area contributed by atoms with E-state index in [9.17, 15) is 9.59 Å². The van der Waals surface area contributed by atoms with Crippen LogP contribution >= 0.6 is 0 Å². The van der Waals surface area contributed by atoms with E-state index in [0.29, 0.717) is 12.2 Å². The number of rotatable bonds is 2. The Morgan fingerprint density at radius 1 is 1.42 bits per heavy atom. The minimum atomic E-state index is -0.315. The maximum atomic E-state index is 11.9. The van der Waals surface area contributed by atoms with Crippen LogP contribution in [0.15, 0.2) is 44.7 Å². The summed E-state index contributed by atoms with van der Waals surface area (Å²) in [5.74, 6) is -0.238. The normalized spacial score (nSPS) is 25.7. The Morgan fingerprint density at radius 3 is 3.11 bits per heavy atom. The van der Waals surface area contributed by atoms with E-state index in [1.54, 1.807) is 12.1 Å². The van der Waals surface area contributed by atoms with Crippen LogP contribution in [-0.2, 0) is 4.79 Å². The van der Waals surface area contributed by atoms with E-state index in [-0.39, 0.29) is 23.9 Å². The van der Waals surface area contributed by atoms with E-state index in [2.05, 4.69) is 15.5 Å². The van der Waals surface area contributed by atoms with Crippen LogP contribution in [0.2, 0.25) is 0 Å². The molecule has 0 spiro atoms. The summed E-state index contributed by atoms with van der Waals surface area (Å²) in [6.07, 6.45) is 5.26. The molecule has 2 atom stereocenters. The molecule has 1 aliphatic carbocycles. The van der Waals surface area contributed by atoms with Gasteiger partial charge in [-0.15, -0.1) is 5.11 Å². The molecule has 1 aromatic rings. The Hall–Kier alpha value is -2.24. The van der Waals surface area contributed by atoms with Crippen LogP contribution in [0.4, 0.5) is 0 Å².